The average molecular weight is 143 g/mol. The lowest BCUT2D eigenvalue weighted by atomic mass is 9.88. The molecule has 0 amide bonds. The molecule has 1 rings (SSSR count). The van der Waals surface area contributed by atoms with Crippen molar-refractivity contribution in [3.63, 3.8) is 0 Å². The van der Waals surface area contributed by atoms with Crippen LogP contribution in [0.4, 0.5) is 4.39 Å². The van der Waals surface area contributed by atoms with Gasteiger partial charge in [0.15, 0.2) is 0 Å². The molecular weight excluding hydrogens is 129 g/mol. The fraction of sp³-hybridized carbons (Fsp3) is 0.750. The first kappa shape index (κ1) is 7.73. The van der Waals surface area contributed by atoms with Gasteiger partial charge in [0, 0.05) is 0 Å². The minimum atomic E-state index is -1.08. The summed E-state index contributed by atoms with van der Waals surface area (Å²) in [6.45, 7) is 6.98. The van der Waals surface area contributed by atoms with Gasteiger partial charge in [0.2, 0.25) is 0 Å². The molecule has 0 aromatic carbocycles. The molecule has 0 unspecified atom stereocenters. The Morgan fingerprint density at radius 1 is 1.50 bits per heavy atom. The summed E-state index contributed by atoms with van der Waals surface area (Å²) in [5.41, 5.74) is -0.403. The third-order valence-corrected chi connectivity index (χ3v) is 2.16. The summed E-state index contributed by atoms with van der Waals surface area (Å²) in [6, 6.07) is 0. The Bertz CT molecular complexity index is 136. The van der Waals surface area contributed by atoms with Crippen LogP contribution in [-0.4, -0.2) is 18.8 Å². The fourth-order valence-electron chi connectivity index (χ4n) is 1.25. The summed E-state index contributed by atoms with van der Waals surface area (Å²) in [5, 5.41) is 3.11. The first-order valence-electron chi connectivity index (χ1n) is 3.71. The molecule has 0 aromatic rings. The van der Waals surface area contributed by atoms with Crippen molar-refractivity contribution in [3.05, 3.63) is 12.2 Å². The maximum absolute atomic E-state index is 13.6. The summed E-state index contributed by atoms with van der Waals surface area (Å²) in [4.78, 5) is 0. The standard InChI is InChI=1S/C8H14FN/c1-7(2)8(9)3-5-10-6-4-8/h10H,1,3-6H2,2H3. The molecular formula is C8H14FN. The summed E-state index contributed by atoms with van der Waals surface area (Å²) in [5.74, 6) is 0. The van der Waals surface area contributed by atoms with Gasteiger partial charge in [-0.25, -0.2) is 4.39 Å². The molecule has 2 heteroatoms. The van der Waals surface area contributed by atoms with Crippen LogP contribution in [0.25, 0.3) is 0 Å². The molecule has 1 saturated heterocycles. The fourth-order valence-corrected chi connectivity index (χ4v) is 1.25. The molecule has 0 aliphatic carbocycles. The molecule has 0 bridgehead atoms. The molecule has 0 spiro atoms. The van der Waals surface area contributed by atoms with Gasteiger partial charge in [0.25, 0.3) is 0 Å². The van der Waals surface area contributed by atoms with E-state index in [-0.39, 0.29) is 0 Å². The molecule has 10 heavy (non-hydrogen) atoms. The topological polar surface area (TPSA) is 12.0 Å². The highest BCUT2D eigenvalue weighted by Gasteiger charge is 2.31. The van der Waals surface area contributed by atoms with Gasteiger partial charge in [-0.2, -0.15) is 0 Å². The predicted octanol–water partition coefficient (Wildman–Crippen LogP) is 1.65. The average Bonchev–Trinajstić information content (AvgIpc) is 1.89. The number of alkyl halides is 1. The monoisotopic (exact) mass is 143 g/mol. The molecule has 0 saturated carbocycles. The van der Waals surface area contributed by atoms with E-state index >= 15 is 0 Å². The second kappa shape index (κ2) is 2.70. The summed E-state index contributed by atoms with van der Waals surface area (Å²) < 4.78 is 13.6. The smallest absolute Gasteiger partial charge is 0.133 e. The number of halogens is 1. The van der Waals surface area contributed by atoms with Crippen LogP contribution in [0.5, 0.6) is 0 Å². The van der Waals surface area contributed by atoms with Crippen LogP contribution in [0.1, 0.15) is 19.8 Å². The van der Waals surface area contributed by atoms with Crippen molar-refractivity contribution in [1.29, 1.82) is 0 Å². The summed E-state index contributed by atoms with van der Waals surface area (Å²) in [7, 11) is 0. The molecule has 0 atom stereocenters. The number of hydrogen-bond acceptors (Lipinski definition) is 1. The number of hydrogen-bond donors (Lipinski definition) is 1. The van der Waals surface area contributed by atoms with Gasteiger partial charge in [-0.3, -0.25) is 0 Å². The number of allylic oxidation sites excluding steroid dienone is 1. The molecule has 1 aliphatic rings. The lowest BCUT2D eigenvalue weighted by Crippen LogP contribution is -2.39. The summed E-state index contributed by atoms with van der Waals surface area (Å²) in [6.07, 6.45) is 1.17. The third-order valence-electron chi connectivity index (χ3n) is 2.16. The Morgan fingerprint density at radius 3 is 2.30 bits per heavy atom. The first-order valence-corrected chi connectivity index (χ1v) is 3.71. The maximum atomic E-state index is 13.6. The van der Waals surface area contributed by atoms with Gasteiger partial charge in [-0.15, -0.1) is 0 Å². The number of nitrogens with one attached hydrogen (secondary N) is 1. The van der Waals surface area contributed by atoms with E-state index in [1.807, 2.05) is 0 Å². The van der Waals surface area contributed by atoms with E-state index in [1.165, 1.54) is 0 Å². The highest BCUT2D eigenvalue weighted by atomic mass is 19.1. The lowest BCUT2D eigenvalue weighted by Gasteiger charge is -2.30. The normalized spacial score (nSPS) is 24.2. The van der Waals surface area contributed by atoms with Gasteiger partial charge in [-0.05, 0) is 38.4 Å². The minimum Gasteiger partial charge on any atom is -0.316 e. The Labute approximate surface area is 61.3 Å². The van der Waals surface area contributed by atoms with Crippen LogP contribution in [-0.2, 0) is 0 Å². The van der Waals surface area contributed by atoms with Crippen molar-refractivity contribution in [2.75, 3.05) is 13.1 Å². The van der Waals surface area contributed by atoms with Crippen molar-refractivity contribution < 1.29 is 4.39 Å². The van der Waals surface area contributed by atoms with Crippen molar-refractivity contribution in [2.24, 2.45) is 0 Å². The van der Waals surface area contributed by atoms with E-state index in [2.05, 4.69) is 11.9 Å². The number of rotatable bonds is 1. The predicted molar refractivity (Wildman–Crippen MR) is 40.8 cm³/mol. The van der Waals surface area contributed by atoms with Crippen molar-refractivity contribution in [3.8, 4) is 0 Å². The second-order valence-electron chi connectivity index (χ2n) is 3.00. The zero-order valence-corrected chi connectivity index (χ0v) is 6.41. The largest absolute Gasteiger partial charge is 0.316 e. The lowest BCUT2D eigenvalue weighted by molar-refractivity contribution is 0.159. The van der Waals surface area contributed by atoms with Crippen LogP contribution in [0.3, 0.4) is 0 Å². The van der Waals surface area contributed by atoms with E-state index in [0.717, 1.165) is 13.1 Å². The Morgan fingerprint density at radius 2 is 2.00 bits per heavy atom. The van der Waals surface area contributed by atoms with Crippen LogP contribution in [0.2, 0.25) is 0 Å². The quantitative estimate of drug-likeness (QED) is 0.550. The van der Waals surface area contributed by atoms with Crippen LogP contribution >= 0.6 is 0 Å². The highest BCUT2D eigenvalue weighted by Crippen LogP contribution is 2.29. The zero-order chi connectivity index (χ0) is 7.61. The second-order valence-corrected chi connectivity index (χ2v) is 3.00. The van der Waals surface area contributed by atoms with Crippen molar-refractivity contribution in [2.45, 2.75) is 25.4 Å². The Balaban J connectivity index is 2.56. The van der Waals surface area contributed by atoms with Crippen LogP contribution < -0.4 is 5.32 Å². The molecule has 0 radical (unpaired) electrons. The SMILES string of the molecule is C=C(C)C1(F)CCNCC1. The van der Waals surface area contributed by atoms with E-state index in [1.54, 1.807) is 6.92 Å². The van der Waals surface area contributed by atoms with Gasteiger partial charge in [0.05, 0.1) is 0 Å². The third kappa shape index (κ3) is 1.37. The molecule has 1 nitrogen and oxygen atoms in total. The van der Waals surface area contributed by atoms with Gasteiger partial charge in [-0.1, -0.05) is 6.58 Å². The number of piperidine rings is 1. The zero-order valence-electron chi connectivity index (χ0n) is 6.41. The van der Waals surface area contributed by atoms with Crippen molar-refractivity contribution >= 4 is 0 Å². The first-order chi connectivity index (χ1) is 4.65. The Kier molecular flexibility index (Phi) is 2.09. The highest BCUT2D eigenvalue weighted by molar-refractivity contribution is 5.11. The van der Waals surface area contributed by atoms with Crippen LogP contribution in [0.15, 0.2) is 12.2 Å². The molecule has 1 aliphatic heterocycles. The van der Waals surface area contributed by atoms with Crippen LogP contribution in [0, 0.1) is 0 Å². The van der Waals surface area contributed by atoms with E-state index in [9.17, 15) is 4.39 Å². The van der Waals surface area contributed by atoms with Gasteiger partial charge < -0.3 is 5.32 Å². The minimum absolute atomic E-state index is 0.586. The molecule has 58 valence electrons. The molecule has 1 N–H and O–H groups in total. The molecule has 1 heterocycles. The van der Waals surface area contributed by atoms with Gasteiger partial charge in [0.1, 0.15) is 5.67 Å². The Hall–Kier alpha value is -0.370. The molecule has 0 aromatic heterocycles. The molecule has 1 fully saturated rings. The van der Waals surface area contributed by atoms with Crippen molar-refractivity contribution in [1.82, 2.24) is 5.32 Å². The van der Waals surface area contributed by atoms with E-state index < -0.39 is 5.67 Å². The van der Waals surface area contributed by atoms with E-state index in [0.29, 0.717) is 18.4 Å². The maximum Gasteiger partial charge on any atom is 0.133 e. The summed E-state index contributed by atoms with van der Waals surface area (Å²) >= 11 is 0. The van der Waals surface area contributed by atoms with E-state index in [4.69, 9.17) is 0 Å². The van der Waals surface area contributed by atoms with Gasteiger partial charge >= 0.3 is 0 Å².